The highest BCUT2D eigenvalue weighted by molar-refractivity contribution is 7.64. The third-order valence-corrected chi connectivity index (χ3v) is 8.69. The van der Waals surface area contributed by atoms with Crippen molar-refractivity contribution < 1.29 is 19.1 Å². The summed E-state index contributed by atoms with van der Waals surface area (Å²) in [5, 5.41) is 10.2. The van der Waals surface area contributed by atoms with Crippen LogP contribution in [0.3, 0.4) is 0 Å². The van der Waals surface area contributed by atoms with Crippen molar-refractivity contribution in [1.29, 1.82) is 0 Å². The summed E-state index contributed by atoms with van der Waals surface area (Å²) in [4.78, 5) is 4.36. The number of aromatic hydroxyl groups is 1. The minimum absolute atomic E-state index is 0.0441. The number of rotatable bonds is 8. The fourth-order valence-electron chi connectivity index (χ4n) is 3.17. The van der Waals surface area contributed by atoms with Gasteiger partial charge in [0.05, 0.1) is 21.4 Å². The number of pyridine rings is 1. The van der Waals surface area contributed by atoms with Gasteiger partial charge in [-0.05, 0) is 55.0 Å². The normalized spacial score (nSPS) is 12.7. The zero-order valence-corrected chi connectivity index (χ0v) is 17.0. The molecule has 2 aromatic rings. The predicted octanol–water partition coefficient (Wildman–Crippen LogP) is 4.80. The van der Waals surface area contributed by atoms with Gasteiger partial charge in [-0.1, -0.05) is 19.9 Å². The van der Waals surface area contributed by atoms with Gasteiger partial charge in [-0.25, -0.2) is 0 Å². The SMILES string of the molecule is CCP(=O)(CC)C(Cc1ccc(C)nc1)c1cc(OC)c(O)c(OC)c1. The van der Waals surface area contributed by atoms with Gasteiger partial charge in [0, 0.05) is 17.5 Å². The van der Waals surface area contributed by atoms with E-state index < -0.39 is 7.14 Å². The Hall–Kier alpha value is -2.00. The van der Waals surface area contributed by atoms with E-state index in [1.165, 1.54) is 14.2 Å². The zero-order chi connectivity index (χ0) is 19.3. The van der Waals surface area contributed by atoms with Gasteiger partial charge in [-0.15, -0.1) is 0 Å². The first-order chi connectivity index (χ1) is 12.4. The molecule has 0 bridgehead atoms. The predicted molar refractivity (Wildman–Crippen MR) is 105 cm³/mol. The molecule has 0 spiro atoms. The lowest BCUT2D eigenvalue weighted by atomic mass is 10.0. The van der Waals surface area contributed by atoms with Crippen molar-refractivity contribution in [2.75, 3.05) is 26.5 Å². The van der Waals surface area contributed by atoms with Gasteiger partial charge in [0.25, 0.3) is 0 Å². The van der Waals surface area contributed by atoms with Crippen LogP contribution >= 0.6 is 7.14 Å². The van der Waals surface area contributed by atoms with Crippen LogP contribution in [0.2, 0.25) is 0 Å². The van der Waals surface area contributed by atoms with Gasteiger partial charge in [-0.3, -0.25) is 4.98 Å². The summed E-state index contributed by atoms with van der Waals surface area (Å²) >= 11 is 0. The molecule has 0 saturated heterocycles. The number of aromatic nitrogens is 1. The van der Waals surface area contributed by atoms with E-state index in [0.29, 0.717) is 30.2 Å². The maximum Gasteiger partial charge on any atom is 0.200 e. The van der Waals surface area contributed by atoms with Crippen molar-refractivity contribution in [3.05, 3.63) is 47.3 Å². The van der Waals surface area contributed by atoms with Crippen LogP contribution in [0.15, 0.2) is 30.5 Å². The molecule has 1 heterocycles. The quantitative estimate of drug-likeness (QED) is 0.669. The van der Waals surface area contributed by atoms with E-state index in [-0.39, 0.29) is 11.4 Å². The molecule has 0 aliphatic rings. The third-order valence-electron chi connectivity index (χ3n) is 4.93. The van der Waals surface area contributed by atoms with Crippen molar-refractivity contribution in [2.24, 2.45) is 0 Å². The summed E-state index contributed by atoms with van der Waals surface area (Å²) < 4.78 is 24.2. The summed E-state index contributed by atoms with van der Waals surface area (Å²) in [5.74, 6) is 0.604. The molecule has 1 N–H and O–H groups in total. The van der Waals surface area contributed by atoms with Crippen molar-refractivity contribution in [1.82, 2.24) is 4.98 Å². The van der Waals surface area contributed by atoms with Crippen LogP contribution in [-0.2, 0) is 11.0 Å². The molecule has 1 aromatic carbocycles. The molecule has 5 nitrogen and oxygen atoms in total. The number of hydrogen-bond donors (Lipinski definition) is 1. The summed E-state index contributed by atoms with van der Waals surface area (Å²) in [6.45, 7) is 5.89. The fourth-order valence-corrected chi connectivity index (χ4v) is 5.73. The number of benzene rings is 1. The number of phenols is 1. The molecule has 6 heteroatoms. The first-order valence-electron chi connectivity index (χ1n) is 8.82. The highest BCUT2D eigenvalue weighted by Crippen LogP contribution is 2.60. The summed E-state index contributed by atoms with van der Waals surface area (Å²) in [5.41, 5.74) is 2.65. The molecule has 0 aliphatic carbocycles. The van der Waals surface area contributed by atoms with Crippen LogP contribution in [0, 0.1) is 6.92 Å². The van der Waals surface area contributed by atoms with Gasteiger partial charge < -0.3 is 19.1 Å². The summed E-state index contributed by atoms with van der Waals surface area (Å²) in [7, 11) is 0.506. The van der Waals surface area contributed by atoms with Gasteiger partial charge in [0.1, 0.15) is 0 Å². The number of aryl methyl sites for hydroxylation is 1. The Morgan fingerprint density at radius 1 is 1.12 bits per heavy atom. The maximum absolute atomic E-state index is 13.6. The molecule has 142 valence electrons. The lowest BCUT2D eigenvalue weighted by molar-refractivity contribution is 0.339. The highest BCUT2D eigenvalue weighted by atomic mass is 31.2. The third kappa shape index (κ3) is 4.21. The number of ether oxygens (including phenoxy) is 2. The van der Waals surface area contributed by atoms with E-state index in [0.717, 1.165) is 16.8 Å². The molecular formula is C20H28NO4P. The zero-order valence-electron chi connectivity index (χ0n) is 16.2. The van der Waals surface area contributed by atoms with E-state index >= 15 is 0 Å². The average molecular weight is 377 g/mol. The van der Waals surface area contributed by atoms with E-state index in [4.69, 9.17) is 9.47 Å². The first-order valence-corrected chi connectivity index (χ1v) is 11.0. The molecule has 26 heavy (non-hydrogen) atoms. The monoisotopic (exact) mass is 377 g/mol. The fraction of sp³-hybridized carbons (Fsp3) is 0.450. The average Bonchev–Trinajstić information content (AvgIpc) is 2.67. The molecule has 0 aliphatic heterocycles. The molecule has 0 radical (unpaired) electrons. The Morgan fingerprint density at radius 3 is 2.12 bits per heavy atom. The topological polar surface area (TPSA) is 68.7 Å². The molecule has 1 atom stereocenters. The van der Waals surface area contributed by atoms with Crippen molar-refractivity contribution >= 4 is 7.14 Å². The molecule has 2 rings (SSSR count). The molecular weight excluding hydrogens is 349 g/mol. The van der Waals surface area contributed by atoms with Crippen LogP contribution < -0.4 is 9.47 Å². The lowest BCUT2D eigenvalue weighted by Crippen LogP contribution is -2.09. The molecule has 0 saturated carbocycles. The van der Waals surface area contributed by atoms with E-state index in [2.05, 4.69) is 4.98 Å². The lowest BCUT2D eigenvalue weighted by Gasteiger charge is -2.27. The summed E-state index contributed by atoms with van der Waals surface area (Å²) in [6, 6.07) is 7.53. The standard InChI is InChI=1S/C20H28NO4P/c1-6-26(23,7-2)19(10-15-9-8-14(3)21-13-15)16-11-17(24-4)20(22)18(12-16)25-5/h8-9,11-13,19,22H,6-7,10H2,1-5H3. The highest BCUT2D eigenvalue weighted by Gasteiger charge is 2.32. The molecule has 0 fully saturated rings. The summed E-state index contributed by atoms with van der Waals surface area (Å²) in [6.07, 6.45) is 3.67. The van der Waals surface area contributed by atoms with E-state index in [1.54, 1.807) is 12.1 Å². The van der Waals surface area contributed by atoms with E-state index in [9.17, 15) is 9.67 Å². The van der Waals surface area contributed by atoms with Gasteiger partial charge in [-0.2, -0.15) is 0 Å². The van der Waals surface area contributed by atoms with Gasteiger partial charge >= 0.3 is 0 Å². The molecule has 1 unspecified atom stereocenters. The van der Waals surface area contributed by atoms with Crippen LogP contribution in [0.1, 0.15) is 36.3 Å². The van der Waals surface area contributed by atoms with Crippen LogP contribution in [-0.4, -0.2) is 36.6 Å². The Morgan fingerprint density at radius 2 is 1.69 bits per heavy atom. The Labute approximate surface area is 155 Å². The Bertz CT molecular complexity index is 756. The van der Waals surface area contributed by atoms with Gasteiger partial charge in [0.2, 0.25) is 5.75 Å². The number of phenolic OH excluding ortho intramolecular Hbond substituents is 1. The largest absolute Gasteiger partial charge is 0.502 e. The van der Waals surface area contributed by atoms with E-state index in [1.807, 2.05) is 39.1 Å². The number of hydrogen-bond acceptors (Lipinski definition) is 5. The van der Waals surface area contributed by atoms with Crippen molar-refractivity contribution in [2.45, 2.75) is 32.9 Å². The second-order valence-corrected chi connectivity index (χ2v) is 10.2. The van der Waals surface area contributed by atoms with Gasteiger partial charge in [0.15, 0.2) is 11.5 Å². The Kier molecular flexibility index (Phi) is 6.71. The maximum atomic E-state index is 13.6. The minimum Gasteiger partial charge on any atom is -0.502 e. The van der Waals surface area contributed by atoms with Crippen LogP contribution in [0.5, 0.6) is 17.2 Å². The molecule has 1 aromatic heterocycles. The van der Waals surface area contributed by atoms with Crippen LogP contribution in [0.4, 0.5) is 0 Å². The first kappa shape index (κ1) is 20.3. The number of nitrogens with zero attached hydrogens (tertiary/aromatic N) is 1. The number of methoxy groups -OCH3 is 2. The second kappa shape index (κ2) is 8.59. The van der Waals surface area contributed by atoms with Crippen LogP contribution in [0.25, 0.3) is 0 Å². The van der Waals surface area contributed by atoms with Crippen molar-refractivity contribution in [3.63, 3.8) is 0 Å². The Balaban J connectivity index is 2.57. The van der Waals surface area contributed by atoms with Crippen molar-refractivity contribution in [3.8, 4) is 17.2 Å². The smallest absolute Gasteiger partial charge is 0.200 e. The minimum atomic E-state index is -2.49. The molecule has 0 amide bonds. The second-order valence-electron chi connectivity index (χ2n) is 6.39.